The van der Waals surface area contributed by atoms with Gasteiger partial charge in [-0.2, -0.15) is 0 Å². The molecular formula is C9H18ClN3O2. The van der Waals surface area contributed by atoms with Crippen molar-refractivity contribution in [2.75, 3.05) is 13.6 Å². The first-order valence-electron chi connectivity index (χ1n) is 4.83. The van der Waals surface area contributed by atoms with Crippen LogP contribution in [0.4, 0.5) is 0 Å². The van der Waals surface area contributed by atoms with Crippen molar-refractivity contribution >= 4 is 24.2 Å². The van der Waals surface area contributed by atoms with Gasteiger partial charge >= 0.3 is 0 Å². The van der Waals surface area contributed by atoms with E-state index in [9.17, 15) is 9.59 Å². The fourth-order valence-corrected chi connectivity index (χ4v) is 1.47. The molecule has 0 spiro atoms. The van der Waals surface area contributed by atoms with Crippen LogP contribution >= 0.6 is 12.4 Å². The number of piperidine rings is 1. The van der Waals surface area contributed by atoms with Gasteiger partial charge in [0.05, 0.1) is 6.04 Å². The highest BCUT2D eigenvalue weighted by molar-refractivity contribution is 5.89. The second kappa shape index (κ2) is 5.92. The van der Waals surface area contributed by atoms with E-state index < -0.39 is 6.04 Å². The Balaban J connectivity index is 0.00000196. The molecule has 0 aliphatic carbocycles. The van der Waals surface area contributed by atoms with E-state index >= 15 is 0 Å². The van der Waals surface area contributed by atoms with Gasteiger partial charge in [-0.1, -0.05) is 0 Å². The van der Waals surface area contributed by atoms with E-state index in [4.69, 9.17) is 5.73 Å². The Morgan fingerprint density at radius 3 is 2.80 bits per heavy atom. The number of amides is 2. The zero-order chi connectivity index (χ0) is 10.7. The van der Waals surface area contributed by atoms with E-state index in [0.717, 1.165) is 13.0 Å². The summed E-state index contributed by atoms with van der Waals surface area (Å²) >= 11 is 0. The predicted molar refractivity (Wildman–Crippen MR) is 59.7 cm³/mol. The van der Waals surface area contributed by atoms with Gasteiger partial charge in [0.1, 0.15) is 6.04 Å². The zero-order valence-electron chi connectivity index (χ0n) is 9.03. The molecule has 2 amide bonds. The van der Waals surface area contributed by atoms with E-state index in [2.05, 4.69) is 5.32 Å². The van der Waals surface area contributed by atoms with Crippen LogP contribution in [0.2, 0.25) is 0 Å². The first kappa shape index (κ1) is 14.2. The fourth-order valence-electron chi connectivity index (χ4n) is 1.47. The van der Waals surface area contributed by atoms with Crippen molar-refractivity contribution in [1.82, 2.24) is 10.2 Å². The molecule has 5 nitrogen and oxygen atoms in total. The van der Waals surface area contributed by atoms with Gasteiger partial charge in [-0.25, -0.2) is 0 Å². The van der Waals surface area contributed by atoms with Crippen LogP contribution < -0.4 is 11.1 Å². The summed E-state index contributed by atoms with van der Waals surface area (Å²) in [5.74, 6) is -0.288. The molecule has 1 heterocycles. The van der Waals surface area contributed by atoms with Gasteiger partial charge in [0, 0.05) is 13.6 Å². The predicted octanol–water partition coefficient (Wildman–Crippen LogP) is -0.508. The Kier molecular flexibility index (Phi) is 5.60. The Hall–Kier alpha value is -0.810. The third kappa shape index (κ3) is 3.68. The average Bonchev–Trinajstić information content (AvgIpc) is 2.12. The van der Waals surface area contributed by atoms with E-state index in [1.165, 1.54) is 0 Å². The molecule has 0 radical (unpaired) electrons. The summed E-state index contributed by atoms with van der Waals surface area (Å²) < 4.78 is 0. The smallest absolute Gasteiger partial charge is 0.244 e. The summed E-state index contributed by atoms with van der Waals surface area (Å²) in [5, 5.41) is 2.64. The van der Waals surface area contributed by atoms with Gasteiger partial charge in [-0.3, -0.25) is 9.59 Å². The SMILES string of the molecule is C[C@H](N)C(=O)NC1CCCN(C)C1=O.Cl. The van der Waals surface area contributed by atoms with Crippen LogP contribution in [0.25, 0.3) is 0 Å². The lowest BCUT2D eigenvalue weighted by molar-refractivity contribution is -0.137. The van der Waals surface area contributed by atoms with E-state index in [1.807, 2.05) is 0 Å². The summed E-state index contributed by atoms with van der Waals surface area (Å²) in [6.07, 6.45) is 1.63. The molecule has 1 rings (SSSR count). The molecule has 6 heteroatoms. The zero-order valence-corrected chi connectivity index (χ0v) is 9.84. The molecule has 88 valence electrons. The van der Waals surface area contributed by atoms with Gasteiger partial charge in [0.2, 0.25) is 11.8 Å². The monoisotopic (exact) mass is 235 g/mol. The Labute approximate surface area is 95.8 Å². The normalized spacial score (nSPS) is 23.0. The molecule has 0 saturated carbocycles. The highest BCUT2D eigenvalue weighted by Crippen LogP contribution is 2.09. The van der Waals surface area contributed by atoms with Crippen molar-refractivity contribution < 1.29 is 9.59 Å². The summed E-state index contributed by atoms with van der Waals surface area (Å²) in [5.41, 5.74) is 5.40. The number of nitrogens with one attached hydrogen (secondary N) is 1. The van der Waals surface area contributed by atoms with Crippen LogP contribution in [0.1, 0.15) is 19.8 Å². The van der Waals surface area contributed by atoms with Crippen LogP contribution in [-0.4, -0.2) is 42.4 Å². The maximum atomic E-state index is 11.6. The molecule has 15 heavy (non-hydrogen) atoms. The summed E-state index contributed by atoms with van der Waals surface area (Å²) in [6, 6.07) is -0.942. The molecule has 1 aliphatic heterocycles. The molecular weight excluding hydrogens is 218 g/mol. The summed E-state index contributed by atoms with van der Waals surface area (Å²) in [6.45, 7) is 2.37. The molecule has 1 unspecified atom stereocenters. The van der Waals surface area contributed by atoms with E-state index in [1.54, 1.807) is 18.9 Å². The van der Waals surface area contributed by atoms with Crippen molar-refractivity contribution in [3.63, 3.8) is 0 Å². The number of carbonyl (C=O) groups is 2. The number of nitrogens with two attached hydrogens (primary N) is 1. The second-order valence-corrected chi connectivity index (χ2v) is 3.75. The highest BCUT2D eigenvalue weighted by Gasteiger charge is 2.27. The largest absolute Gasteiger partial charge is 0.344 e. The van der Waals surface area contributed by atoms with Gasteiger partial charge in [0.25, 0.3) is 0 Å². The first-order chi connectivity index (χ1) is 6.52. The maximum absolute atomic E-state index is 11.6. The van der Waals surface area contributed by atoms with Gasteiger partial charge in [-0.15, -0.1) is 12.4 Å². The molecule has 1 fully saturated rings. The van der Waals surface area contributed by atoms with Crippen LogP contribution in [0.5, 0.6) is 0 Å². The summed E-state index contributed by atoms with van der Waals surface area (Å²) in [7, 11) is 1.74. The fraction of sp³-hybridized carbons (Fsp3) is 0.778. The van der Waals surface area contributed by atoms with Crippen molar-refractivity contribution in [3.8, 4) is 0 Å². The molecule has 0 aromatic carbocycles. The van der Waals surface area contributed by atoms with E-state index in [0.29, 0.717) is 6.42 Å². The first-order valence-corrected chi connectivity index (χ1v) is 4.83. The van der Waals surface area contributed by atoms with Crippen LogP contribution in [0.3, 0.4) is 0 Å². The molecule has 1 aliphatic rings. The lowest BCUT2D eigenvalue weighted by Gasteiger charge is -2.29. The molecule has 0 aromatic heterocycles. The van der Waals surface area contributed by atoms with Crippen molar-refractivity contribution in [2.45, 2.75) is 31.8 Å². The number of halogens is 1. The lowest BCUT2D eigenvalue weighted by atomic mass is 10.1. The van der Waals surface area contributed by atoms with Crippen LogP contribution in [0.15, 0.2) is 0 Å². The number of rotatable bonds is 2. The Bertz CT molecular complexity index is 246. The van der Waals surface area contributed by atoms with Crippen molar-refractivity contribution in [1.29, 1.82) is 0 Å². The summed E-state index contributed by atoms with van der Waals surface area (Å²) in [4.78, 5) is 24.4. The molecule has 3 N–H and O–H groups in total. The highest BCUT2D eigenvalue weighted by atomic mass is 35.5. The molecule has 1 saturated heterocycles. The van der Waals surface area contributed by atoms with Crippen molar-refractivity contribution in [2.24, 2.45) is 5.73 Å². The Morgan fingerprint density at radius 2 is 2.27 bits per heavy atom. The second-order valence-electron chi connectivity index (χ2n) is 3.75. The minimum atomic E-state index is -0.560. The third-order valence-electron chi connectivity index (χ3n) is 2.39. The molecule has 0 bridgehead atoms. The Morgan fingerprint density at radius 1 is 1.67 bits per heavy atom. The number of carbonyl (C=O) groups excluding carboxylic acids is 2. The number of likely N-dealkylation sites (tertiary alicyclic amines) is 1. The van der Waals surface area contributed by atoms with Gasteiger partial charge < -0.3 is 16.0 Å². The third-order valence-corrected chi connectivity index (χ3v) is 2.39. The number of nitrogens with zero attached hydrogens (tertiary/aromatic N) is 1. The molecule has 2 atom stereocenters. The average molecular weight is 236 g/mol. The lowest BCUT2D eigenvalue weighted by Crippen LogP contribution is -2.53. The standard InChI is InChI=1S/C9H17N3O2.ClH/c1-6(10)8(13)11-7-4-3-5-12(2)9(7)14;/h6-7H,3-5,10H2,1-2H3,(H,11,13);1H/t6-,7?;/m0./s1. The minimum Gasteiger partial charge on any atom is -0.344 e. The quantitative estimate of drug-likeness (QED) is 0.677. The van der Waals surface area contributed by atoms with Crippen LogP contribution in [0, 0.1) is 0 Å². The van der Waals surface area contributed by atoms with Gasteiger partial charge in [-0.05, 0) is 19.8 Å². The minimum absolute atomic E-state index is 0. The maximum Gasteiger partial charge on any atom is 0.244 e. The molecule has 0 aromatic rings. The number of hydrogen-bond donors (Lipinski definition) is 2. The van der Waals surface area contributed by atoms with Crippen LogP contribution in [-0.2, 0) is 9.59 Å². The number of likely N-dealkylation sites (N-methyl/N-ethyl adjacent to an activating group) is 1. The van der Waals surface area contributed by atoms with Crippen molar-refractivity contribution in [3.05, 3.63) is 0 Å². The van der Waals surface area contributed by atoms with E-state index in [-0.39, 0.29) is 30.3 Å². The topological polar surface area (TPSA) is 75.4 Å². The number of hydrogen-bond acceptors (Lipinski definition) is 3. The van der Waals surface area contributed by atoms with Gasteiger partial charge in [0.15, 0.2) is 0 Å².